The third-order valence-electron chi connectivity index (χ3n) is 4.37. The zero-order valence-electron chi connectivity index (χ0n) is 14.2. The van der Waals surface area contributed by atoms with Crippen molar-refractivity contribution in [3.8, 4) is 0 Å². The predicted molar refractivity (Wildman–Crippen MR) is 93.6 cm³/mol. The van der Waals surface area contributed by atoms with Gasteiger partial charge in [0.2, 0.25) is 15.9 Å². The van der Waals surface area contributed by atoms with Crippen LogP contribution in [0.25, 0.3) is 0 Å². The molecule has 3 N–H and O–H groups in total. The average Bonchev–Trinajstić information content (AvgIpc) is 2.55. The number of hydrogen-bond acceptors (Lipinski definition) is 4. The minimum atomic E-state index is -3.66. The maximum atomic E-state index is 12.1. The van der Waals surface area contributed by atoms with E-state index in [1.165, 1.54) is 12.1 Å². The number of benzene rings is 1. The van der Waals surface area contributed by atoms with Gasteiger partial charge in [-0.2, -0.15) is 0 Å². The third-order valence-corrected chi connectivity index (χ3v) is 5.71. The lowest BCUT2D eigenvalue weighted by Crippen LogP contribution is -2.42. The highest BCUT2D eigenvalue weighted by Gasteiger charge is 2.24. The summed E-state index contributed by atoms with van der Waals surface area (Å²) in [5.41, 5.74) is 0.855. The van der Waals surface area contributed by atoms with Gasteiger partial charge in [0.05, 0.1) is 5.56 Å². The van der Waals surface area contributed by atoms with E-state index >= 15 is 0 Å². The van der Waals surface area contributed by atoms with Crippen molar-refractivity contribution in [2.24, 2.45) is 5.92 Å². The molecule has 0 heterocycles. The number of rotatable bonds is 7. The number of amides is 1. The second-order valence-electron chi connectivity index (χ2n) is 6.61. The van der Waals surface area contributed by atoms with Gasteiger partial charge in [-0.15, -0.1) is 0 Å². The van der Waals surface area contributed by atoms with Crippen LogP contribution in [0.15, 0.2) is 24.3 Å². The fraction of sp³-hybridized carbons (Fsp3) is 0.529. The Hall–Kier alpha value is -1.93. The van der Waals surface area contributed by atoms with Crippen LogP contribution in [0.1, 0.15) is 48.5 Å². The van der Waals surface area contributed by atoms with Gasteiger partial charge in [0.25, 0.3) is 0 Å². The van der Waals surface area contributed by atoms with Gasteiger partial charge < -0.3 is 10.4 Å². The summed E-state index contributed by atoms with van der Waals surface area (Å²) in [4.78, 5) is 22.6. The Morgan fingerprint density at radius 3 is 2.28 bits per heavy atom. The molecule has 0 aliphatic heterocycles. The van der Waals surface area contributed by atoms with Gasteiger partial charge >= 0.3 is 5.97 Å². The first kappa shape index (κ1) is 19.4. The van der Waals surface area contributed by atoms with Gasteiger partial charge in [-0.3, -0.25) is 4.79 Å². The molecular formula is C17H24N2O5S. The molecule has 25 heavy (non-hydrogen) atoms. The molecule has 0 radical (unpaired) electrons. The number of carbonyl (C=O) groups is 2. The summed E-state index contributed by atoms with van der Waals surface area (Å²) in [6.07, 6.45) is 3.59. The van der Waals surface area contributed by atoms with Crippen molar-refractivity contribution in [1.82, 2.24) is 10.0 Å². The molecule has 1 aromatic rings. The number of aromatic carboxylic acids is 1. The molecule has 138 valence electrons. The molecule has 0 aromatic heterocycles. The molecule has 8 heteroatoms. The Morgan fingerprint density at radius 2 is 1.72 bits per heavy atom. The number of carbonyl (C=O) groups excluding carboxylic acids is 1. The number of carboxylic acids is 1. The van der Waals surface area contributed by atoms with Crippen LogP contribution in [0.4, 0.5) is 0 Å². The number of sulfonamides is 1. The number of carboxylic acid groups (broad SMARTS) is 1. The van der Waals surface area contributed by atoms with Crippen LogP contribution in [0, 0.1) is 5.92 Å². The van der Waals surface area contributed by atoms with Crippen molar-refractivity contribution in [3.05, 3.63) is 35.4 Å². The van der Waals surface area contributed by atoms with E-state index in [1.54, 1.807) is 12.1 Å². The smallest absolute Gasteiger partial charge is 0.335 e. The topological polar surface area (TPSA) is 113 Å². The van der Waals surface area contributed by atoms with E-state index in [0.29, 0.717) is 11.5 Å². The first-order valence-corrected chi connectivity index (χ1v) is 9.99. The molecular weight excluding hydrogens is 344 g/mol. The van der Waals surface area contributed by atoms with Crippen LogP contribution in [-0.4, -0.2) is 37.2 Å². The number of hydrogen-bond donors (Lipinski definition) is 3. The van der Waals surface area contributed by atoms with Crippen LogP contribution in [0.5, 0.6) is 0 Å². The van der Waals surface area contributed by atoms with Gasteiger partial charge in [0.15, 0.2) is 0 Å². The Balaban J connectivity index is 1.79. The SMILES string of the molecule is CC1CCC(NS(=O)(=O)CC(=O)NCc2ccc(C(=O)O)cc2)CC1. The summed E-state index contributed by atoms with van der Waals surface area (Å²) < 4.78 is 26.8. The van der Waals surface area contributed by atoms with Crippen LogP contribution in [0.2, 0.25) is 0 Å². The summed E-state index contributed by atoms with van der Waals surface area (Å²) in [6.45, 7) is 2.30. The molecule has 2 rings (SSSR count). The molecule has 0 bridgehead atoms. The zero-order valence-corrected chi connectivity index (χ0v) is 15.0. The predicted octanol–water partition coefficient (Wildman–Crippen LogP) is 1.50. The molecule has 1 aliphatic rings. The maximum Gasteiger partial charge on any atom is 0.335 e. The zero-order chi connectivity index (χ0) is 18.4. The monoisotopic (exact) mass is 368 g/mol. The largest absolute Gasteiger partial charge is 0.478 e. The Labute approximate surface area is 147 Å². The Bertz CT molecular complexity index is 707. The van der Waals surface area contributed by atoms with Crippen molar-refractivity contribution >= 4 is 21.9 Å². The van der Waals surface area contributed by atoms with Crippen LogP contribution < -0.4 is 10.0 Å². The average molecular weight is 368 g/mol. The van der Waals surface area contributed by atoms with E-state index in [1.807, 2.05) is 0 Å². The lowest BCUT2D eigenvalue weighted by Gasteiger charge is -2.26. The molecule has 0 spiro atoms. The molecule has 0 saturated heterocycles. The van der Waals surface area contributed by atoms with E-state index in [4.69, 9.17) is 5.11 Å². The van der Waals surface area contributed by atoms with Crippen LogP contribution in [0.3, 0.4) is 0 Å². The second kappa shape index (κ2) is 8.44. The molecule has 1 amide bonds. The van der Waals surface area contributed by atoms with Crippen molar-refractivity contribution in [3.63, 3.8) is 0 Å². The number of nitrogens with one attached hydrogen (secondary N) is 2. The van der Waals surface area contributed by atoms with E-state index in [0.717, 1.165) is 25.7 Å². The molecule has 1 aromatic carbocycles. The highest BCUT2D eigenvalue weighted by Crippen LogP contribution is 2.23. The van der Waals surface area contributed by atoms with Crippen molar-refractivity contribution < 1.29 is 23.1 Å². The van der Waals surface area contributed by atoms with Gasteiger partial charge in [-0.1, -0.05) is 19.1 Å². The first-order chi connectivity index (χ1) is 11.7. The summed E-state index contributed by atoms with van der Waals surface area (Å²) in [5.74, 6) is -1.59. The van der Waals surface area contributed by atoms with E-state index < -0.39 is 27.7 Å². The minimum Gasteiger partial charge on any atom is -0.478 e. The fourth-order valence-corrected chi connectivity index (χ4v) is 4.14. The fourth-order valence-electron chi connectivity index (χ4n) is 2.86. The quantitative estimate of drug-likeness (QED) is 0.675. The summed E-state index contributed by atoms with van der Waals surface area (Å²) in [5, 5.41) is 11.4. The maximum absolute atomic E-state index is 12.1. The van der Waals surface area contributed by atoms with Gasteiger partial charge in [0, 0.05) is 12.6 Å². The lowest BCUT2D eigenvalue weighted by atomic mass is 9.88. The molecule has 0 unspecified atom stereocenters. The molecule has 1 saturated carbocycles. The first-order valence-electron chi connectivity index (χ1n) is 8.34. The molecule has 1 fully saturated rings. The van der Waals surface area contributed by atoms with Crippen molar-refractivity contribution in [2.45, 2.75) is 45.2 Å². The van der Waals surface area contributed by atoms with Gasteiger partial charge in [-0.25, -0.2) is 17.9 Å². The van der Waals surface area contributed by atoms with E-state index in [-0.39, 0.29) is 18.2 Å². The van der Waals surface area contributed by atoms with Crippen LogP contribution in [-0.2, 0) is 21.4 Å². The lowest BCUT2D eigenvalue weighted by molar-refractivity contribution is -0.118. The Kier molecular flexibility index (Phi) is 6.55. The third kappa shape index (κ3) is 6.47. The van der Waals surface area contributed by atoms with E-state index in [9.17, 15) is 18.0 Å². The summed E-state index contributed by atoms with van der Waals surface area (Å²) in [6, 6.07) is 5.95. The van der Waals surface area contributed by atoms with Gasteiger partial charge in [0.1, 0.15) is 5.75 Å². The van der Waals surface area contributed by atoms with Crippen molar-refractivity contribution in [2.75, 3.05) is 5.75 Å². The molecule has 1 aliphatic carbocycles. The molecule has 0 atom stereocenters. The second-order valence-corrected chi connectivity index (χ2v) is 8.37. The molecule has 7 nitrogen and oxygen atoms in total. The van der Waals surface area contributed by atoms with Gasteiger partial charge in [-0.05, 0) is 49.3 Å². The normalized spacial score (nSPS) is 20.8. The standard InChI is InChI=1S/C17H24N2O5S/c1-12-2-8-15(9-3-12)19-25(23,24)11-16(20)18-10-13-4-6-14(7-5-13)17(21)22/h4-7,12,15,19H,2-3,8-11H2,1H3,(H,18,20)(H,21,22). The summed E-state index contributed by atoms with van der Waals surface area (Å²) >= 11 is 0. The Morgan fingerprint density at radius 1 is 1.12 bits per heavy atom. The highest BCUT2D eigenvalue weighted by molar-refractivity contribution is 7.90. The van der Waals surface area contributed by atoms with Crippen LogP contribution >= 0.6 is 0 Å². The van der Waals surface area contributed by atoms with E-state index in [2.05, 4.69) is 17.0 Å². The highest BCUT2D eigenvalue weighted by atomic mass is 32.2. The van der Waals surface area contributed by atoms with Crippen molar-refractivity contribution in [1.29, 1.82) is 0 Å². The minimum absolute atomic E-state index is 0.0856. The summed E-state index contributed by atoms with van der Waals surface area (Å²) in [7, 11) is -3.66.